The van der Waals surface area contributed by atoms with E-state index in [9.17, 15) is 14.0 Å². The maximum absolute atomic E-state index is 13.1. The fourth-order valence-corrected chi connectivity index (χ4v) is 4.18. The minimum atomic E-state index is -0.351. The predicted octanol–water partition coefficient (Wildman–Crippen LogP) is 2.96. The van der Waals surface area contributed by atoms with Crippen LogP contribution in [0.15, 0.2) is 34.9 Å². The van der Waals surface area contributed by atoms with E-state index >= 15 is 0 Å². The van der Waals surface area contributed by atoms with Crippen LogP contribution in [-0.4, -0.2) is 53.2 Å². The molecule has 1 unspecified atom stereocenters. The highest BCUT2D eigenvalue weighted by Crippen LogP contribution is 2.39. The average Bonchev–Trinajstić information content (AvgIpc) is 3.40. The molecule has 2 aromatic rings. The highest BCUT2D eigenvalue weighted by atomic mass is 19.1. The molecule has 1 aromatic carbocycles. The number of nitrogens with zero attached hydrogens (tertiary/aromatic N) is 2. The van der Waals surface area contributed by atoms with Gasteiger partial charge in [0.2, 0.25) is 0 Å². The number of aromatic nitrogens is 1. The van der Waals surface area contributed by atoms with Gasteiger partial charge in [-0.1, -0.05) is 12.1 Å². The summed E-state index contributed by atoms with van der Waals surface area (Å²) >= 11 is 0. The number of rotatable bonds is 5. The van der Waals surface area contributed by atoms with Gasteiger partial charge in [0.1, 0.15) is 11.6 Å². The van der Waals surface area contributed by atoms with E-state index in [4.69, 9.17) is 9.26 Å². The zero-order valence-corrected chi connectivity index (χ0v) is 17.0. The van der Waals surface area contributed by atoms with Crippen LogP contribution in [0.25, 0.3) is 0 Å². The molecule has 7 nitrogen and oxygen atoms in total. The SMILES string of the molecule is CCc1cc(C(=O)NCC2CCC3(CCN(C(=O)c4ccc(F)cc4)CC3)O2)no1. The lowest BCUT2D eigenvalue weighted by Gasteiger charge is -2.39. The molecule has 30 heavy (non-hydrogen) atoms. The lowest BCUT2D eigenvalue weighted by Crippen LogP contribution is -2.47. The van der Waals surface area contributed by atoms with Crippen molar-refractivity contribution in [2.24, 2.45) is 0 Å². The molecule has 1 atom stereocenters. The maximum atomic E-state index is 13.1. The molecule has 4 rings (SSSR count). The monoisotopic (exact) mass is 415 g/mol. The molecule has 2 aliphatic rings. The second kappa shape index (κ2) is 8.55. The second-order valence-electron chi connectivity index (χ2n) is 8.00. The van der Waals surface area contributed by atoms with Crippen molar-refractivity contribution in [1.29, 1.82) is 0 Å². The van der Waals surface area contributed by atoms with Crippen molar-refractivity contribution in [3.05, 3.63) is 53.2 Å². The summed E-state index contributed by atoms with van der Waals surface area (Å²) < 4.78 is 24.5. The zero-order valence-electron chi connectivity index (χ0n) is 17.0. The molecule has 0 bridgehead atoms. The first kappa shape index (κ1) is 20.5. The molecule has 160 valence electrons. The van der Waals surface area contributed by atoms with E-state index < -0.39 is 0 Å². The second-order valence-corrected chi connectivity index (χ2v) is 8.00. The summed E-state index contributed by atoms with van der Waals surface area (Å²) in [6.07, 6.45) is 3.93. The summed E-state index contributed by atoms with van der Waals surface area (Å²) in [5.41, 5.74) is 0.546. The lowest BCUT2D eigenvalue weighted by molar-refractivity contribution is -0.0712. The van der Waals surface area contributed by atoms with E-state index in [1.165, 1.54) is 24.3 Å². The predicted molar refractivity (Wildman–Crippen MR) is 107 cm³/mol. The van der Waals surface area contributed by atoms with Crippen LogP contribution in [0.2, 0.25) is 0 Å². The molecule has 0 radical (unpaired) electrons. The first-order chi connectivity index (χ1) is 14.5. The topological polar surface area (TPSA) is 84.7 Å². The first-order valence-corrected chi connectivity index (χ1v) is 10.4. The normalized spacial score (nSPS) is 20.5. The van der Waals surface area contributed by atoms with Gasteiger partial charge in [0, 0.05) is 37.7 Å². The molecule has 2 saturated heterocycles. The third-order valence-electron chi connectivity index (χ3n) is 6.02. The highest BCUT2D eigenvalue weighted by Gasteiger charge is 2.43. The van der Waals surface area contributed by atoms with Crippen molar-refractivity contribution in [2.45, 2.75) is 50.7 Å². The van der Waals surface area contributed by atoms with E-state index in [-0.39, 0.29) is 35.0 Å². The van der Waals surface area contributed by atoms with Gasteiger partial charge in [-0.05, 0) is 49.9 Å². The summed E-state index contributed by atoms with van der Waals surface area (Å²) in [4.78, 5) is 26.6. The number of aryl methyl sites for hydroxylation is 1. The number of carbonyl (C=O) groups is 2. The fraction of sp³-hybridized carbons (Fsp3) is 0.500. The molecule has 8 heteroatoms. The number of carbonyl (C=O) groups excluding carboxylic acids is 2. The Hall–Kier alpha value is -2.74. The Morgan fingerprint density at radius 2 is 1.97 bits per heavy atom. The Morgan fingerprint density at radius 3 is 2.63 bits per heavy atom. The summed E-state index contributed by atoms with van der Waals surface area (Å²) in [6.45, 7) is 3.57. The van der Waals surface area contributed by atoms with Crippen molar-refractivity contribution in [3.63, 3.8) is 0 Å². The molecule has 2 amide bonds. The summed E-state index contributed by atoms with van der Waals surface area (Å²) in [7, 11) is 0. The Labute approximate surface area is 174 Å². The minimum absolute atomic E-state index is 0.0501. The zero-order chi connectivity index (χ0) is 21.1. The minimum Gasteiger partial charge on any atom is -0.370 e. The third-order valence-corrected chi connectivity index (χ3v) is 6.02. The number of nitrogens with one attached hydrogen (secondary N) is 1. The summed E-state index contributed by atoms with van der Waals surface area (Å²) in [6, 6.07) is 7.30. The average molecular weight is 415 g/mol. The van der Waals surface area contributed by atoms with Gasteiger partial charge in [-0.2, -0.15) is 0 Å². The van der Waals surface area contributed by atoms with Crippen molar-refractivity contribution in [2.75, 3.05) is 19.6 Å². The van der Waals surface area contributed by atoms with Crippen LogP contribution in [0.4, 0.5) is 4.39 Å². The van der Waals surface area contributed by atoms with Gasteiger partial charge < -0.3 is 19.5 Å². The van der Waals surface area contributed by atoms with Gasteiger partial charge in [0.15, 0.2) is 5.69 Å². The molecule has 2 aliphatic heterocycles. The molecule has 0 aliphatic carbocycles. The molecule has 1 N–H and O–H groups in total. The first-order valence-electron chi connectivity index (χ1n) is 10.4. The number of ether oxygens (including phenoxy) is 1. The van der Waals surface area contributed by atoms with E-state index in [2.05, 4.69) is 10.5 Å². The molecule has 2 fully saturated rings. The highest BCUT2D eigenvalue weighted by molar-refractivity contribution is 5.94. The summed E-state index contributed by atoms with van der Waals surface area (Å²) in [5, 5.41) is 6.66. The van der Waals surface area contributed by atoms with Crippen LogP contribution >= 0.6 is 0 Å². The summed E-state index contributed by atoms with van der Waals surface area (Å²) in [5.74, 6) is -0.0115. The van der Waals surface area contributed by atoms with Crippen molar-refractivity contribution in [3.8, 4) is 0 Å². The van der Waals surface area contributed by atoms with Gasteiger partial charge in [0.05, 0.1) is 11.7 Å². The number of likely N-dealkylation sites (tertiary alicyclic amines) is 1. The maximum Gasteiger partial charge on any atom is 0.273 e. The van der Waals surface area contributed by atoms with Crippen LogP contribution < -0.4 is 5.32 Å². The molecular weight excluding hydrogens is 389 g/mol. The Kier molecular flexibility index (Phi) is 5.85. The number of hydrogen-bond donors (Lipinski definition) is 1. The number of halogens is 1. The number of hydrogen-bond acceptors (Lipinski definition) is 5. The fourth-order valence-electron chi connectivity index (χ4n) is 4.18. The van der Waals surface area contributed by atoms with Crippen LogP contribution in [0, 0.1) is 5.82 Å². The van der Waals surface area contributed by atoms with Gasteiger partial charge in [-0.15, -0.1) is 0 Å². The largest absolute Gasteiger partial charge is 0.370 e. The third kappa shape index (κ3) is 4.38. The van der Waals surface area contributed by atoms with E-state index in [0.29, 0.717) is 37.4 Å². The molecule has 1 spiro atoms. The Morgan fingerprint density at radius 1 is 1.23 bits per heavy atom. The standard InChI is InChI=1S/C22H26FN3O4/c1-2-17-13-19(25-30-17)20(27)24-14-18-7-8-22(29-18)9-11-26(12-10-22)21(28)15-3-5-16(23)6-4-15/h3-6,13,18H,2,7-12,14H2,1H3,(H,24,27). The Balaban J connectivity index is 1.25. The van der Waals surface area contributed by atoms with Gasteiger partial charge >= 0.3 is 0 Å². The molecule has 0 saturated carbocycles. The van der Waals surface area contributed by atoms with E-state index in [0.717, 1.165) is 25.7 Å². The number of amides is 2. The van der Waals surface area contributed by atoms with Crippen molar-refractivity contribution >= 4 is 11.8 Å². The van der Waals surface area contributed by atoms with Crippen molar-refractivity contribution in [1.82, 2.24) is 15.4 Å². The van der Waals surface area contributed by atoms with E-state index in [1.54, 1.807) is 11.0 Å². The van der Waals surface area contributed by atoms with Crippen LogP contribution in [0.5, 0.6) is 0 Å². The number of benzene rings is 1. The van der Waals surface area contributed by atoms with Crippen LogP contribution in [0.3, 0.4) is 0 Å². The van der Waals surface area contributed by atoms with Crippen LogP contribution in [0.1, 0.15) is 59.2 Å². The van der Waals surface area contributed by atoms with Gasteiger partial charge in [0.25, 0.3) is 11.8 Å². The van der Waals surface area contributed by atoms with E-state index in [1.807, 2.05) is 6.92 Å². The smallest absolute Gasteiger partial charge is 0.273 e. The Bertz CT molecular complexity index is 903. The lowest BCUT2D eigenvalue weighted by atomic mass is 9.88. The number of piperidine rings is 1. The van der Waals surface area contributed by atoms with Crippen molar-refractivity contribution < 1.29 is 23.2 Å². The van der Waals surface area contributed by atoms with Gasteiger partial charge in [-0.25, -0.2) is 4.39 Å². The molecule has 3 heterocycles. The van der Waals surface area contributed by atoms with Crippen LogP contribution in [-0.2, 0) is 11.2 Å². The quantitative estimate of drug-likeness (QED) is 0.812. The van der Waals surface area contributed by atoms with Gasteiger partial charge in [-0.3, -0.25) is 9.59 Å². The molecular formula is C22H26FN3O4. The molecule has 1 aromatic heterocycles.